The number of nitrogens with zero attached hydrogens (tertiary/aromatic N) is 2. The van der Waals surface area contributed by atoms with Crippen LogP contribution in [0, 0.1) is 5.82 Å². The molecule has 5 aromatic rings. The van der Waals surface area contributed by atoms with Crippen molar-refractivity contribution in [2.24, 2.45) is 0 Å². The Hall–Kier alpha value is -5.31. The van der Waals surface area contributed by atoms with E-state index in [1.165, 1.54) is 18.4 Å². The second kappa shape index (κ2) is 11.4. The molecule has 0 bridgehead atoms. The largest absolute Gasteiger partial charge is 0.467 e. The molecule has 3 aromatic heterocycles. The molecule has 1 N–H and O–H groups in total. The number of aryl methyl sites for hydroxylation is 2. The number of rotatable bonds is 9. The fourth-order valence-corrected chi connectivity index (χ4v) is 6.18. The van der Waals surface area contributed by atoms with Gasteiger partial charge in [-0.05, 0) is 85.3 Å². The molecule has 0 spiro atoms. The maximum Gasteiger partial charge on any atom is 0.257 e. The molecule has 0 radical (unpaired) electrons. The number of fused-ring (bicyclic) bond motifs is 3. The van der Waals surface area contributed by atoms with E-state index in [2.05, 4.69) is 5.32 Å². The van der Waals surface area contributed by atoms with Gasteiger partial charge < -0.3 is 19.1 Å². The molecular weight excluding hydrogens is 561 g/mol. The number of hydrogen-bond acceptors (Lipinski definition) is 6. The van der Waals surface area contributed by atoms with E-state index < -0.39 is 0 Å². The van der Waals surface area contributed by atoms with Gasteiger partial charge in [0, 0.05) is 17.7 Å². The van der Waals surface area contributed by atoms with Gasteiger partial charge in [0.2, 0.25) is 5.78 Å². The topological polar surface area (TPSA) is 106 Å². The molecule has 5 heterocycles. The van der Waals surface area contributed by atoms with Gasteiger partial charge in [-0.3, -0.25) is 19.4 Å². The van der Waals surface area contributed by atoms with Gasteiger partial charge >= 0.3 is 0 Å². The lowest BCUT2D eigenvalue weighted by atomic mass is 9.87. The van der Waals surface area contributed by atoms with Crippen molar-refractivity contribution < 1.29 is 27.6 Å². The highest BCUT2D eigenvalue weighted by molar-refractivity contribution is 6.17. The van der Waals surface area contributed by atoms with E-state index in [4.69, 9.17) is 13.8 Å². The zero-order valence-electron chi connectivity index (χ0n) is 23.7. The summed E-state index contributed by atoms with van der Waals surface area (Å²) >= 11 is 0. The Morgan fingerprint density at radius 2 is 1.70 bits per heavy atom. The van der Waals surface area contributed by atoms with Crippen LogP contribution < -0.4 is 5.32 Å². The maximum absolute atomic E-state index is 14.1. The molecule has 2 aromatic carbocycles. The molecule has 2 aliphatic rings. The summed E-state index contributed by atoms with van der Waals surface area (Å²) in [7, 11) is 0. The molecule has 8 nitrogen and oxygen atoms in total. The van der Waals surface area contributed by atoms with Crippen LogP contribution in [0.25, 0.3) is 11.1 Å². The summed E-state index contributed by atoms with van der Waals surface area (Å²) in [6.07, 6.45) is 5.56. The fraction of sp³-hybridized carbons (Fsp3) is 0.200. The third kappa shape index (κ3) is 5.00. The summed E-state index contributed by atoms with van der Waals surface area (Å²) in [4.78, 5) is 47.7. The van der Waals surface area contributed by atoms with Crippen LogP contribution in [0.4, 0.5) is 4.39 Å². The van der Waals surface area contributed by atoms with Crippen molar-refractivity contribution in [1.29, 1.82) is 0 Å². The molecule has 0 unspecified atom stereocenters. The quantitative estimate of drug-likeness (QED) is 0.202. The lowest BCUT2D eigenvalue weighted by molar-refractivity contribution is 0.0775. The molecule has 9 heteroatoms. The Morgan fingerprint density at radius 3 is 2.43 bits per heavy atom. The smallest absolute Gasteiger partial charge is 0.257 e. The third-order valence-electron chi connectivity index (χ3n) is 8.32. The molecule has 2 amide bonds. The first-order valence-corrected chi connectivity index (χ1v) is 14.6. The molecule has 7 rings (SSSR count). The number of furan rings is 2. The van der Waals surface area contributed by atoms with E-state index in [1.807, 2.05) is 4.90 Å². The highest BCUT2D eigenvalue weighted by Gasteiger charge is 2.44. The van der Waals surface area contributed by atoms with Crippen LogP contribution in [0.2, 0.25) is 0 Å². The number of carbonyl (C=O) groups excluding carboxylic acids is 3. The number of amides is 2. The monoisotopic (exact) mass is 589 g/mol. The lowest BCUT2D eigenvalue weighted by Gasteiger charge is -2.18. The first kappa shape index (κ1) is 27.5. The fourth-order valence-electron chi connectivity index (χ4n) is 6.18. The van der Waals surface area contributed by atoms with E-state index in [1.54, 1.807) is 66.9 Å². The minimum absolute atomic E-state index is 0.135. The van der Waals surface area contributed by atoms with Gasteiger partial charge in [0.15, 0.2) is 5.76 Å². The van der Waals surface area contributed by atoms with Crippen molar-refractivity contribution in [1.82, 2.24) is 15.2 Å². The van der Waals surface area contributed by atoms with Gasteiger partial charge in [-0.15, -0.1) is 0 Å². The first-order valence-electron chi connectivity index (χ1n) is 14.6. The Bertz CT molecular complexity index is 1850. The molecule has 1 fully saturated rings. The summed E-state index contributed by atoms with van der Waals surface area (Å²) < 4.78 is 24.4. The predicted molar refractivity (Wildman–Crippen MR) is 159 cm³/mol. The van der Waals surface area contributed by atoms with Crippen LogP contribution in [0.3, 0.4) is 0 Å². The van der Waals surface area contributed by atoms with Crippen molar-refractivity contribution in [3.63, 3.8) is 0 Å². The summed E-state index contributed by atoms with van der Waals surface area (Å²) in [5.74, 6) is -0.361. The third-order valence-corrected chi connectivity index (χ3v) is 8.32. The zero-order chi connectivity index (χ0) is 30.2. The number of hydrogen-bond donors (Lipinski definition) is 1. The van der Waals surface area contributed by atoms with E-state index in [0.29, 0.717) is 64.4 Å². The lowest BCUT2D eigenvalue weighted by Crippen LogP contribution is -2.23. The number of carbonyl (C=O) groups is 3. The normalized spacial score (nSPS) is 15.3. The number of benzene rings is 2. The Morgan fingerprint density at radius 1 is 0.932 bits per heavy atom. The van der Waals surface area contributed by atoms with Gasteiger partial charge in [-0.25, -0.2) is 4.39 Å². The maximum atomic E-state index is 14.1. The molecule has 0 saturated carbocycles. The summed E-state index contributed by atoms with van der Waals surface area (Å²) in [5, 5.41) is 2.84. The van der Waals surface area contributed by atoms with Gasteiger partial charge in [0.05, 0.1) is 47.6 Å². The summed E-state index contributed by atoms with van der Waals surface area (Å²) in [6.45, 7) is 0.872. The second-order valence-electron chi connectivity index (χ2n) is 11.0. The zero-order valence-corrected chi connectivity index (χ0v) is 23.7. The van der Waals surface area contributed by atoms with Crippen molar-refractivity contribution in [2.75, 3.05) is 6.54 Å². The molecular formula is C35H28FN3O5. The molecule has 44 heavy (non-hydrogen) atoms. The molecule has 0 aliphatic carbocycles. The van der Waals surface area contributed by atoms with Gasteiger partial charge in [0.25, 0.3) is 11.8 Å². The standard InChI is InChI=1S/C35H28FN3O5/c36-24-14-7-21(8-15-24)9-16-26-30(33(40)28-6-3-19-44-28)29(31-32(38-26)27-5-1-17-39(27)35(31)42)22-10-12-23(13-11-22)34(41)37-20-25-4-2-18-43-25/h2-4,6-8,10-15,18-19,27H,1,5,9,16-17,20H2,(H,37,41)/t27-/m0/s1. The van der Waals surface area contributed by atoms with Gasteiger partial charge in [-0.2, -0.15) is 0 Å². The van der Waals surface area contributed by atoms with Crippen LogP contribution in [0.5, 0.6) is 0 Å². The molecule has 220 valence electrons. The molecule has 1 saturated heterocycles. The van der Waals surface area contributed by atoms with Crippen LogP contribution in [0.15, 0.2) is 94.2 Å². The molecule has 1 atom stereocenters. The average molecular weight is 590 g/mol. The number of pyridine rings is 1. The Labute approximate surface area is 252 Å². The predicted octanol–water partition coefficient (Wildman–Crippen LogP) is 6.31. The van der Waals surface area contributed by atoms with E-state index in [-0.39, 0.29) is 41.8 Å². The molecule has 2 aliphatic heterocycles. The average Bonchev–Trinajstić information content (AvgIpc) is 3.87. The Kier molecular flexibility index (Phi) is 7.13. The van der Waals surface area contributed by atoms with Crippen LogP contribution >= 0.6 is 0 Å². The van der Waals surface area contributed by atoms with Crippen LogP contribution in [-0.4, -0.2) is 34.0 Å². The van der Waals surface area contributed by atoms with E-state index in [9.17, 15) is 18.8 Å². The second-order valence-corrected chi connectivity index (χ2v) is 11.0. The summed E-state index contributed by atoms with van der Waals surface area (Å²) in [6, 6.07) is 19.8. The Balaban J connectivity index is 1.33. The number of halogens is 1. The SMILES string of the molecule is O=C(NCc1ccco1)c1ccc(-c2c(C(=O)c3ccco3)c(CCc3ccc(F)cc3)nc3c2C(=O)N2CCC[C@@H]32)cc1. The van der Waals surface area contributed by atoms with Crippen molar-refractivity contribution in [3.8, 4) is 11.1 Å². The van der Waals surface area contributed by atoms with E-state index in [0.717, 1.165) is 18.4 Å². The number of aromatic nitrogens is 1. The van der Waals surface area contributed by atoms with Crippen molar-refractivity contribution in [2.45, 2.75) is 38.3 Å². The van der Waals surface area contributed by atoms with Crippen molar-refractivity contribution >= 4 is 17.6 Å². The van der Waals surface area contributed by atoms with Gasteiger partial charge in [0.1, 0.15) is 11.6 Å². The van der Waals surface area contributed by atoms with Crippen LogP contribution in [0.1, 0.15) is 78.4 Å². The number of nitrogens with one attached hydrogen (secondary N) is 1. The highest BCUT2D eigenvalue weighted by atomic mass is 19.1. The van der Waals surface area contributed by atoms with E-state index >= 15 is 0 Å². The minimum Gasteiger partial charge on any atom is -0.467 e. The van der Waals surface area contributed by atoms with Gasteiger partial charge in [-0.1, -0.05) is 24.3 Å². The van der Waals surface area contributed by atoms with Crippen molar-refractivity contribution in [3.05, 3.63) is 136 Å². The first-order chi connectivity index (χ1) is 21.5. The minimum atomic E-state index is -0.380. The summed E-state index contributed by atoms with van der Waals surface area (Å²) in [5.41, 5.74) is 4.38. The number of ketones is 1. The highest BCUT2D eigenvalue weighted by Crippen LogP contribution is 2.46. The van der Waals surface area contributed by atoms with Crippen LogP contribution in [-0.2, 0) is 19.4 Å².